The Hall–Kier alpha value is -2.50. The van der Waals surface area contributed by atoms with Crippen LogP contribution in [0.4, 0.5) is 10.2 Å². The lowest BCUT2D eigenvalue weighted by atomic mass is 10.1. The number of nitrogens with two attached hydrogens (primary N) is 1. The number of anilines is 1. The van der Waals surface area contributed by atoms with Gasteiger partial charge < -0.3 is 15.6 Å². The molecule has 0 spiro atoms. The monoisotopic (exact) mass is 392 g/mol. The van der Waals surface area contributed by atoms with Gasteiger partial charge in [0.05, 0.1) is 5.02 Å². The Morgan fingerprint density at radius 2 is 1.92 bits per heavy atom. The number of rotatable bonds is 4. The van der Waals surface area contributed by atoms with E-state index in [1.807, 2.05) is 6.07 Å². The minimum atomic E-state index is -0.658. The van der Waals surface area contributed by atoms with E-state index in [0.717, 1.165) is 5.56 Å². The molecular weight excluding hydrogens is 378 g/mol. The number of ether oxygens (including phenoxy) is 1. The Bertz CT molecular complexity index is 966. The predicted molar refractivity (Wildman–Crippen MR) is 101 cm³/mol. The second kappa shape index (κ2) is 7.40. The summed E-state index contributed by atoms with van der Waals surface area (Å²) in [6.45, 7) is 1.69. The summed E-state index contributed by atoms with van der Waals surface area (Å²) >= 11 is 12.2. The summed E-state index contributed by atoms with van der Waals surface area (Å²) < 4.78 is 19.6. The molecule has 7 heteroatoms. The standard InChI is InChI=1S/C19H15Cl2FN2O2/c1-10(17-14(20)5-6-15(22)18(17)21)26-16-8-12(9-24-19(16)23)11-3-2-4-13(25)7-11/h2-10,25H,1H3,(H2,23,24). The van der Waals surface area contributed by atoms with Gasteiger partial charge in [0.1, 0.15) is 17.7 Å². The minimum absolute atomic E-state index is 0.0966. The van der Waals surface area contributed by atoms with E-state index in [9.17, 15) is 9.50 Å². The summed E-state index contributed by atoms with van der Waals surface area (Å²) in [7, 11) is 0. The third-order valence-electron chi connectivity index (χ3n) is 3.85. The highest BCUT2D eigenvalue weighted by molar-refractivity contribution is 6.36. The molecule has 3 N–H and O–H groups in total. The molecule has 26 heavy (non-hydrogen) atoms. The number of pyridine rings is 1. The van der Waals surface area contributed by atoms with Crippen molar-refractivity contribution in [2.75, 3.05) is 5.73 Å². The van der Waals surface area contributed by atoms with E-state index in [1.165, 1.54) is 12.1 Å². The van der Waals surface area contributed by atoms with Crippen LogP contribution < -0.4 is 10.5 Å². The van der Waals surface area contributed by atoms with Gasteiger partial charge in [-0.05, 0) is 42.8 Å². The molecule has 0 bridgehead atoms. The van der Waals surface area contributed by atoms with Gasteiger partial charge in [0, 0.05) is 22.3 Å². The summed E-state index contributed by atoms with van der Waals surface area (Å²) in [5.41, 5.74) is 7.68. The lowest BCUT2D eigenvalue weighted by Gasteiger charge is -2.19. The second-order valence-electron chi connectivity index (χ2n) is 5.67. The number of hydrogen-bond acceptors (Lipinski definition) is 4. The van der Waals surface area contributed by atoms with Crippen molar-refractivity contribution in [1.29, 1.82) is 0 Å². The SMILES string of the molecule is CC(Oc1cc(-c2cccc(O)c2)cnc1N)c1c(Cl)ccc(F)c1Cl. The first-order valence-electron chi connectivity index (χ1n) is 7.71. The van der Waals surface area contributed by atoms with Crippen LogP contribution in [0.2, 0.25) is 10.0 Å². The van der Waals surface area contributed by atoms with Gasteiger partial charge in [-0.3, -0.25) is 0 Å². The number of phenols is 1. The van der Waals surface area contributed by atoms with Crippen LogP contribution in [-0.2, 0) is 0 Å². The van der Waals surface area contributed by atoms with Crippen LogP contribution in [0.15, 0.2) is 48.7 Å². The van der Waals surface area contributed by atoms with E-state index in [0.29, 0.717) is 21.9 Å². The number of hydrogen-bond donors (Lipinski definition) is 2. The molecule has 1 heterocycles. The number of aromatic nitrogens is 1. The molecule has 0 aliphatic rings. The average molecular weight is 393 g/mol. The fraction of sp³-hybridized carbons (Fsp3) is 0.105. The molecule has 1 atom stereocenters. The Labute approximate surface area is 160 Å². The molecule has 0 aliphatic heterocycles. The van der Waals surface area contributed by atoms with E-state index in [2.05, 4.69) is 4.98 Å². The zero-order chi connectivity index (χ0) is 18.8. The molecule has 0 radical (unpaired) electrons. The van der Waals surface area contributed by atoms with Crippen molar-refractivity contribution < 1.29 is 14.2 Å². The van der Waals surface area contributed by atoms with E-state index in [1.54, 1.807) is 37.4 Å². The van der Waals surface area contributed by atoms with Gasteiger partial charge >= 0.3 is 0 Å². The Balaban J connectivity index is 1.95. The number of aromatic hydroxyl groups is 1. The zero-order valence-electron chi connectivity index (χ0n) is 13.7. The topological polar surface area (TPSA) is 68.4 Å². The Morgan fingerprint density at radius 1 is 1.15 bits per heavy atom. The number of benzene rings is 2. The smallest absolute Gasteiger partial charge is 0.166 e. The maximum atomic E-state index is 13.8. The summed E-state index contributed by atoms with van der Waals surface area (Å²) in [5.74, 6) is 0.0220. The number of halogens is 3. The van der Waals surface area contributed by atoms with Gasteiger partial charge in [-0.1, -0.05) is 35.3 Å². The highest BCUT2D eigenvalue weighted by atomic mass is 35.5. The number of nitrogens with zero attached hydrogens (tertiary/aromatic N) is 1. The molecule has 1 unspecified atom stereocenters. The van der Waals surface area contributed by atoms with Crippen LogP contribution in [0.25, 0.3) is 11.1 Å². The highest BCUT2D eigenvalue weighted by Gasteiger charge is 2.20. The van der Waals surface area contributed by atoms with Crippen LogP contribution in [0.5, 0.6) is 11.5 Å². The van der Waals surface area contributed by atoms with Crippen molar-refractivity contribution in [3.05, 3.63) is 70.1 Å². The van der Waals surface area contributed by atoms with Gasteiger partial charge in [0.15, 0.2) is 11.6 Å². The first-order valence-corrected chi connectivity index (χ1v) is 8.47. The molecule has 134 valence electrons. The lowest BCUT2D eigenvalue weighted by Crippen LogP contribution is -2.08. The van der Waals surface area contributed by atoms with Crippen molar-refractivity contribution in [2.24, 2.45) is 0 Å². The minimum Gasteiger partial charge on any atom is -0.508 e. The van der Waals surface area contributed by atoms with E-state index >= 15 is 0 Å². The van der Waals surface area contributed by atoms with E-state index in [4.69, 9.17) is 33.7 Å². The Morgan fingerprint density at radius 3 is 2.65 bits per heavy atom. The molecule has 0 aliphatic carbocycles. The third-order valence-corrected chi connectivity index (χ3v) is 4.56. The van der Waals surface area contributed by atoms with Crippen LogP contribution in [0.3, 0.4) is 0 Å². The first-order chi connectivity index (χ1) is 12.4. The van der Waals surface area contributed by atoms with Gasteiger partial charge in [-0.2, -0.15) is 0 Å². The molecule has 1 aromatic heterocycles. The molecule has 3 rings (SSSR count). The van der Waals surface area contributed by atoms with Crippen LogP contribution in [-0.4, -0.2) is 10.1 Å². The molecule has 3 aromatic rings. The van der Waals surface area contributed by atoms with Crippen LogP contribution in [0.1, 0.15) is 18.6 Å². The second-order valence-corrected chi connectivity index (χ2v) is 6.46. The van der Waals surface area contributed by atoms with Crippen molar-refractivity contribution in [2.45, 2.75) is 13.0 Å². The quantitative estimate of drug-likeness (QED) is 0.565. The fourth-order valence-electron chi connectivity index (χ4n) is 2.56. The lowest BCUT2D eigenvalue weighted by molar-refractivity contribution is 0.227. The number of phenolic OH excluding ortho intramolecular Hbond substituents is 1. The summed E-state index contributed by atoms with van der Waals surface area (Å²) in [6.07, 6.45) is 0.915. The largest absolute Gasteiger partial charge is 0.508 e. The predicted octanol–water partition coefficient (Wildman–Crippen LogP) is 5.62. The zero-order valence-corrected chi connectivity index (χ0v) is 15.2. The van der Waals surface area contributed by atoms with Crippen molar-refractivity contribution >= 4 is 29.0 Å². The van der Waals surface area contributed by atoms with Crippen molar-refractivity contribution in [3.8, 4) is 22.6 Å². The molecule has 2 aromatic carbocycles. The molecule has 0 fully saturated rings. The molecule has 0 amide bonds. The van der Waals surface area contributed by atoms with Gasteiger partial charge in [0.2, 0.25) is 0 Å². The third kappa shape index (κ3) is 3.69. The normalized spacial score (nSPS) is 12.0. The summed E-state index contributed by atoms with van der Waals surface area (Å²) in [6, 6.07) is 11.0. The molecule has 4 nitrogen and oxygen atoms in total. The average Bonchev–Trinajstić information content (AvgIpc) is 2.60. The maximum Gasteiger partial charge on any atom is 0.166 e. The molecule has 0 saturated carbocycles. The molecule has 0 saturated heterocycles. The van der Waals surface area contributed by atoms with Crippen molar-refractivity contribution in [1.82, 2.24) is 4.98 Å². The first kappa shape index (κ1) is 18.3. The van der Waals surface area contributed by atoms with Crippen molar-refractivity contribution in [3.63, 3.8) is 0 Å². The highest BCUT2D eigenvalue weighted by Crippen LogP contribution is 2.37. The fourth-order valence-corrected chi connectivity index (χ4v) is 3.24. The molecular formula is C19H15Cl2FN2O2. The van der Waals surface area contributed by atoms with E-state index in [-0.39, 0.29) is 16.6 Å². The van der Waals surface area contributed by atoms with E-state index < -0.39 is 11.9 Å². The summed E-state index contributed by atoms with van der Waals surface area (Å²) in [4.78, 5) is 4.13. The van der Waals surface area contributed by atoms with Crippen LogP contribution >= 0.6 is 23.2 Å². The van der Waals surface area contributed by atoms with Gasteiger partial charge in [0.25, 0.3) is 0 Å². The van der Waals surface area contributed by atoms with Gasteiger partial charge in [-0.15, -0.1) is 0 Å². The maximum absolute atomic E-state index is 13.8. The Kier molecular flexibility index (Phi) is 5.20. The number of nitrogen functional groups attached to an aromatic ring is 1. The van der Waals surface area contributed by atoms with Gasteiger partial charge in [-0.25, -0.2) is 9.37 Å². The summed E-state index contributed by atoms with van der Waals surface area (Å²) in [5, 5.41) is 9.83. The van der Waals surface area contributed by atoms with Crippen LogP contribution in [0, 0.1) is 5.82 Å².